The van der Waals surface area contributed by atoms with Crippen molar-refractivity contribution < 1.29 is 9.53 Å². The zero-order valence-corrected chi connectivity index (χ0v) is 10.6. The number of rotatable bonds is 4. The van der Waals surface area contributed by atoms with Crippen molar-refractivity contribution in [3.63, 3.8) is 0 Å². The van der Waals surface area contributed by atoms with Gasteiger partial charge in [0, 0.05) is 12.3 Å². The van der Waals surface area contributed by atoms with Gasteiger partial charge in [-0.1, -0.05) is 12.1 Å². The number of nitrogens with zero attached hydrogens (tertiary/aromatic N) is 1. The van der Waals surface area contributed by atoms with E-state index in [1.807, 2.05) is 24.3 Å². The molecule has 102 valence electrons. The summed E-state index contributed by atoms with van der Waals surface area (Å²) in [4.78, 5) is 15.8. The third-order valence-electron chi connectivity index (χ3n) is 2.86. The van der Waals surface area contributed by atoms with Crippen molar-refractivity contribution in [2.24, 2.45) is 16.5 Å². The molecule has 6 heteroatoms. The summed E-state index contributed by atoms with van der Waals surface area (Å²) in [5.74, 6) is -0.0507. The van der Waals surface area contributed by atoms with Crippen LogP contribution in [0.2, 0.25) is 0 Å². The number of carbonyl (C=O) groups excluding carboxylic acids is 1. The Morgan fingerprint density at radius 2 is 2.32 bits per heavy atom. The third-order valence-corrected chi connectivity index (χ3v) is 2.86. The highest BCUT2D eigenvalue weighted by Gasteiger charge is 2.23. The van der Waals surface area contributed by atoms with E-state index in [-0.39, 0.29) is 18.0 Å². The molecule has 1 amide bonds. The summed E-state index contributed by atoms with van der Waals surface area (Å²) in [7, 11) is 0. The van der Waals surface area contributed by atoms with Crippen LogP contribution in [0.25, 0.3) is 0 Å². The van der Waals surface area contributed by atoms with Gasteiger partial charge in [0.15, 0.2) is 5.96 Å². The molecule has 19 heavy (non-hydrogen) atoms. The van der Waals surface area contributed by atoms with Crippen molar-refractivity contribution >= 4 is 17.6 Å². The van der Waals surface area contributed by atoms with Gasteiger partial charge < -0.3 is 21.5 Å². The topological polar surface area (TPSA) is 103 Å². The first kappa shape index (κ1) is 13.4. The van der Waals surface area contributed by atoms with E-state index < -0.39 is 0 Å². The number of nitrogens with two attached hydrogens (primary N) is 2. The fraction of sp³-hybridized carbons (Fsp3) is 0.385. The molecule has 0 aliphatic carbocycles. The molecule has 0 aromatic heterocycles. The Kier molecular flexibility index (Phi) is 4.35. The smallest absolute Gasteiger partial charge is 0.253 e. The van der Waals surface area contributed by atoms with E-state index in [1.165, 1.54) is 0 Å². The van der Waals surface area contributed by atoms with Crippen LogP contribution in [-0.2, 0) is 16.1 Å². The standard InChI is InChI=1S/C13H18N4O2/c14-13(15)16-8-9-3-1-4-10(7-9)17-12(18)11-5-2-6-19-11/h1,3-4,7,11H,2,5-6,8H2,(H,17,18)(H4,14,15,16). The number of anilines is 1. The predicted octanol–water partition coefficient (Wildman–Crippen LogP) is 0.577. The Hall–Kier alpha value is -2.08. The molecule has 1 aromatic carbocycles. The molecule has 1 heterocycles. The molecular weight excluding hydrogens is 244 g/mol. The molecule has 6 nitrogen and oxygen atoms in total. The van der Waals surface area contributed by atoms with Crippen LogP contribution in [-0.4, -0.2) is 24.6 Å². The quantitative estimate of drug-likeness (QED) is 0.545. The lowest BCUT2D eigenvalue weighted by molar-refractivity contribution is -0.124. The van der Waals surface area contributed by atoms with Gasteiger partial charge in [0.25, 0.3) is 5.91 Å². The van der Waals surface area contributed by atoms with Crippen LogP contribution < -0.4 is 16.8 Å². The average molecular weight is 262 g/mol. The van der Waals surface area contributed by atoms with Crippen molar-refractivity contribution in [1.82, 2.24) is 0 Å². The molecule has 1 unspecified atom stereocenters. The molecule has 1 atom stereocenters. The van der Waals surface area contributed by atoms with E-state index in [2.05, 4.69) is 10.3 Å². The molecule has 1 aliphatic heterocycles. The van der Waals surface area contributed by atoms with E-state index in [1.54, 1.807) is 0 Å². The fourth-order valence-electron chi connectivity index (χ4n) is 1.94. The van der Waals surface area contributed by atoms with Gasteiger partial charge >= 0.3 is 0 Å². The Morgan fingerprint density at radius 3 is 3.00 bits per heavy atom. The van der Waals surface area contributed by atoms with Gasteiger partial charge in [0.05, 0.1) is 6.54 Å². The summed E-state index contributed by atoms with van der Waals surface area (Å²) in [6.45, 7) is 1.05. The number of aliphatic imine (C=N–C) groups is 1. The molecule has 0 saturated carbocycles. The summed E-state index contributed by atoms with van der Waals surface area (Å²) in [5.41, 5.74) is 12.2. The molecular formula is C13H18N4O2. The fourth-order valence-corrected chi connectivity index (χ4v) is 1.94. The monoisotopic (exact) mass is 262 g/mol. The summed E-state index contributed by atoms with van der Waals surface area (Å²) < 4.78 is 5.33. The Bertz CT molecular complexity index is 477. The van der Waals surface area contributed by atoms with Gasteiger partial charge in [-0.3, -0.25) is 4.79 Å². The molecule has 1 aliphatic rings. The van der Waals surface area contributed by atoms with Gasteiger partial charge in [-0.2, -0.15) is 0 Å². The molecule has 1 saturated heterocycles. The van der Waals surface area contributed by atoms with E-state index >= 15 is 0 Å². The maximum atomic E-state index is 11.9. The van der Waals surface area contributed by atoms with Crippen LogP contribution in [0.1, 0.15) is 18.4 Å². The molecule has 0 bridgehead atoms. The molecule has 1 fully saturated rings. The number of nitrogens with one attached hydrogen (secondary N) is 1. The first-order chi connectivity index (χ1) is 9.15. The maximum absolute atomic E-state index is 11.9. The molecule has 0 spiro atoms. The van der Waals surface area contributed by atoms with Gasteiger partial charge in [-0.15, -0.1) is 0 Å². The lowest BCUT2D eigenvalue weighted by Crippen LogP contribution is -2.26. The van der Waals surface area contributed by atoms with Crippen molar-refractivity contribution in [3.05, 3.63) is 29.8 Å². The minimum absolute atomic E-state index is 0.0498. The van der Waals surface area contributed by atoms with E-state index in [9.17, 15) is 4.79 Å². The largest absolute Gasteiger partial charge is 0.370 e. The van der Waals surface area contributed by atoms with Gasteiger partial charge in [0.2, 0.25) is 0 Å². The number of benzene rings is 1. The second-order valence-electron chi connectivity index (χ2n) is 4.43. The van der Waals surface area contributed by atoms with Crippen LogP contribution >= 0.6 is 0 Å². The van der Waals surface area contributed by atoms with E-state index in [0.29, 0.717) is 13.2 Å². The van der Waals surface area contributed by atoms with E-state index in [4.69, 9.17) is 16.2 Å². The van der Waals surface area contributed by atoms with Crippen LogP contribution in [0.15, 0.2) is 29.3 Å². The average Bonchev–Trinajstić information content (AvgIpc) is 2.91. The van der Waals surface area contributed by atoms with Crippen molar-refractivity contribution in [2.45, 2.75) is 25.5 Å². The van der Waals surface area contributed by atoms with Crippen LogP contribution in [0.5, 0.6) is 0 Å². The summed E-state index contributed by atoms with van der Waals surface area (Å²) >= 11 is 0. The van der Waals surface area contributed by atoms with Gasteiger partial charge in [0.1, 0.15) is 6.10 Å². The second kappa shape index (κ2) is 6.19. The highest BCUT2D eigenvalue weighted by molar-refractivity contribution is 5.94. The first-order valence-electron chi connectivity index (χ1n) is 6.22. The normalized spacial score (nSPS) is 18.0. The molecule has 5 N–H and O–H groups in total. The molecule has 0 radical (unpaired) electrons. The second-order valence-corrected chi connectivity index (χ2v) is 4.43. The van der Waals surface area contributed by atoms with Crippen LogP contribution in [0, 0.1) is 0 Å². The number of hydrogen-bond donors (Lipinski definition) is 3. The van der Waals surface area contributed by atoms with Crippen molar-refractivity contribution in [2.75, 3.05) is 11.9 Å². The summed E-state index contributed by atoms with van der Waals surface area (Å²) in [6.07, 6.45) is 1.38. The molecule has 1 aromatic rings. The number of hydrogen-bond acceptors (Lipinski definition) is 3. The summed E-state index contributed by atoms with van der Waals surface area (Å²) in [5, 5.41) is 2.84. The number of amides is 1. The molecule has 2 rings (SSSR count). The lowest BCUT2D eigenvalue weighted by atomic mass is 10.2. The van der Waals surface area contributed by atoms with E-state index in [0.717, 1.165) is 24.1 Å². The Balaban J connectivity index is 1.98. The number of carbonyl (C=O) groups is 1. The van der Waals surface area contributed by atoms with Crippen molar-refractivity contribution in [3.8, 4) is 0 Å². The zero-order chi connectivity index (χ0) is 13.7. The number of guanidine groups is 1. The van der Waals surface area contributed by atoms with Crippen LogP contribution in [0.4, 0.5) is 5.69 Å². The zero-order valence-electron chi connectivity index (χ0n) is 10.6. The van der Waals surface area contributed by atoms with Crippen LogP contribution in [0.3, 0.4) is 0 Å². The summed E-state index contributed by atoms with van der Waals surface area (Å²) in [6, 6.07) is 7.42. The lowest BCUT2D eigenvalue weighted by Gasteiger charge is -2.11. The highest BCUT2D eigenvalue weighted by atomic mass is 16.5. The van der Waals surface area contributed by atoms with Crippen molar-refractivity contribution in [1.29, 1.82) is 0 Å². The minimum Gasteiger partial charge on any atom is -0.370 e. The third kappa shape index (κ3) is 3.96. The maximum Gasteiger partial charge on any atom is 0.253 e. The van der Waals surface area contributed by atoms with Gasteiger partial charge in [-0.25, -0.2) is 4.99 Å². The van der Waals surface area contributed by atoms with Gasteiger partial charge in [-0.05, 0) is 30.5 Å². The minimum atomic E-state index is -0.332. The SMILES string of the molecule is NC(N)=NCc1cccc(NC(=O)C2CCCO2)c1. The Labute approximate surface area is 111 Å². The highest BCUT2D eigenvalue weighted by Crippen LogP contribution is 2.16. The number of ether oxygens (including phenoxy) is 1. The predicted molar refractivity (Wildman–Crippen MR) is 73.6 cm³/mol. The Morgan fingerprint density at radius 1 is 1.47 bits per heavy atom. The first-order valence-corrected chi connectivity index (χ1v) is 6.22.